The lowest BCUT2D eigenvalue weighted by Gasteiger charge is -2.19. The summed E-state index contributed by atoms with van der Waals surface area (Å²) in [6.07, 6.45) is 9.95. The zero-order valence-corrected chi connectivity index (χ0v) is 9.35. The van der Waals surface area contributed by atoms with Gasteiger partial charge in [-0.05, 0) is 18.8 Å². The largest absolute Gasteiger partial charge is 0.326 e. The SMILES string of the molecule is C#CCN(CC1CC1)C(=O)c1c[nH]c(=O)cn1. The first-order chi connectivity index (χ1) is 8.20. The van der Waals surface area contributed by atoms with Crippen LogP contribution in [0.5, 0.6) is 0 Å². The molecular weight excluding hydrogens is 218 g/mol. The average Bonchev–Trinajstić information content (AvgIpc) is 3.13. The van der Waals surface area contributed by atoms with Crippen molar-refractivity contribution in [2.45, 2.75) is 12.8 Å². The lowest BCUT2D eigenvalue weighted by molar-refractivity contribution is 0.0763. The van der Waals surface area contributed by atoms with Gasteiger partial charge in [0.25, 0.3) is 11.5 Å². The number of aromatic amines is 1. The van der Waals surface area contributed by atoms with E-state index in [9.17, 15) is 9.59 Å². The molecule has 0 aromatic carbocycles. The van der Waals surface area contributed by atoms with Crippen LogP contribution in [0.4, 0.5) is 0 Å². The third-order valence-corrected chi connectivity index (χ3v) is 2.64. The fourth-order valence-electron chi connectivity index (χ4n) is 1.56. The van der Waals surface area contributed by atoms with Crippen molar-refractivity contribution >= 4 is 5.91 Å². The third-order valence-electron chi connectivity index (χ3n) is 2.64. The highest BCUT2D eigenvalue weighted by molar-refractivity contribution is 5.92. The minimum Gasteiger partial charge on any atom is -0.326 e. The molecule has 1 aliphatic carbocycles. The zero-order chi connectivity index (χ0) is 12.3. The van der Waals surface area contributed by atoms with Gasteiger partial charge in [0.05, 0.1) is 12.7 Å². The molecule has 1 saturated carbocycles. The Morgan fingerprint density at radius 2 is 2.41 bits per heavy atom. The molecule has 0 aliphatic heterocycles. The average molecular weight is 231 g/mol. The van der Waals surface area contributed by atoms with E-state index in [1.54, 1.807) is 4.90 Å². The Hall–Kier alpha value is -2.09. The molecular formula is C12H13N3O2. The minimum absolute atomic E-state index is 0.223. The maximum absolute atomic E-state index is 12.1. The summed E-state index contributed by atoms with van der Waals surface area (Å²) >= 11 is 0. The van der Waals surface area contributed by atoms with Crippen molar-refractivity contribution in [1.82, 2.24) is 14.9 Å². The highest BCUT2D eigenvalue weighted by Gasteiger charge is 2.27. The van der Waals surface area contributed by atoms with Gasteiger partial charge in [-0.1, -0.05) is 5.92 Å². The van der Waals surface area contributed by atoms with Gasteiger partial charge in [-0.2, -0.15) is 0 Å². The van der Waals surface area contributed by atoms with E-state index in [1.165, 1.54) is 6.20 Å². The summed E-state index contributed by atoms with van der Waals surface area (Å²) in [5.74, 6) is 2.80. The van der Waals surface area contributed by atoms with Crippen LogP contribution in [0.15, 0.2) is 17.2 Å². The molecule has 1 N–H and O–H groups in total. The second-order valence-corrected chi connectivity index (χ2v) is 4.13. The van der Waals surface area contributed by atoms with Crippen molar-refractivity contribution in [2.24, 2.45) is 5.92 Å². The molecule has 0 bridgehead atoms. The first kappa shape index (κ1) is 11.4. The summed E-state index contributed by atoms with van der Waals surface area (Å²) in [5, 5.41) is 0. The van der Waals surface area contributed by atoms with Gasteiger partial charge in [0, 0.05) is 12.7 Å². The standard InChI is InChI=1S/C12H13N3O2/c1-2-5-15(8-9-3-4-9)12(17)10-6-14-11(16)7-13-10/h1,6-7,9H,3-5,8H2,(H,14,16). The van der Waals surface area contributed by atoms with Crippen molar-refractivity contribution in [3.05, 3.63) is 28.4 Å². The van der Waals surface area contributed by atoms with E-state index in [1.807, 2.05) is 0 Å². The Labute approximate surface area is 98.9 Å². The molecule has 0 atom stereocenters. The number of H-pyrrole nitrogens is 1. The monoisotopic (exact) mass is 231 g/mol. The number of terminal acetylenes is 1. The lowest BCUT2D eigenvalue weighted by atomic mass is 10.3. The molecule has 17 heavy (non-hydrogen) atoms. The summed E-state index contributed by atoms with van der Waals surface area (Å²) in [6.45, 7) is 0.944. The molecule has 1 fully saturated rings. The molecule has 1 heterocycles. The predicted molar refractivity (Wildman–Crippen MR) is 62.3 cm³/mol. The first-order valence-electron chi connectivity index (χ1n) is 5.48. The Balaban J connectivity index is 2.11. The topological polar surface area (TPSA) is 66.1 Å². The van der Waals surface area contributed by atoms with Gasteiger partial charge >= 0.3 is 0 Å². The van der Waals surface area contributed by atoms with Crippen molar-refractivity contribution in [1.29, 1.82) is 0 Å². The number of carbonyl (C=O) groups excluding carboxylic acids is 1. The van der Waals surface area contributed by atoms with Crippen LogP contribution in [-0.4, -0.2) is 33.9 Å². The number of nitrogens with one attached hydrogen (secondary N) is 1. The second-order valence-electron chi connectivity index (χ2n) is 4.13. The molecule has 0 spiro atoms. The van der Waals surface area contributed by atoms with Crippen LogP contribution in [0, 0.1) is 18.3 Å². The Morgan fingerprint density at radius 1 is 1.65 bits per heavy atom. The van der Waals surface area contributed by atoms with Crippen LogP contribution in [0.1, 0.15) is 23.3 Å². The van der Waals surface area contributed by atoms with E-state index in [0.29, 0.717) is 12.5 Å². The lowest BCUT2D eigenvalue weighted by Crippen LogP contribution is -2.34. The molecule has 1 aliphatic rings. The summed E-state index contributed by atoms with van der Waals surface area (Å²) in [6, 6.07) is 0. The first-order valence-corrected chi connectivity index (χ1v) is 5.48. The Morgan fingerprint density at radius 3 is 2.94 bits per heavy atom. The van der Waals surface area contributed by atoms with Crippen LogP contribution < -0.4 is 5.56 Å². The minimum atomic E-state index is -0.327. The second kappa shape index (κ2) is 4.83. The van der Waals surface area contributed by atoms with E-state index in [4.69, 9.17) is 6.42 Å². The molecule has 0 saturated heterocycles. The highest BCUT2D eigenvalue weighted by Crippen LogP contribution is 2.29. The number of amides is 1. The molecule has 0 unspecified atom stereocenters. The van der Waals surface area contributed by atoms with Gasteiger partial charge in [-0.3, -0.25) is 9.59 Å². The summed E-state index contributed by atoms with van der Waals surface area (Å²) in [4.78, 5) is 30.7. The van der Waals surface area contributed by atoms with Crippen molar-refractivity contribution in [3.8, 4) is 12.3 Å². The van der Waals surface area contributed by atoms with Crippen molar-refractivity contribution < 1.29 is 4.79 Å². The molecule has 88 valence electrons. The van der Waals surface area contributed by atoms with Crippen molar-refractivity contribution in [3.63, 3.8) is 0 Å². The molecule has 1 amide bonds. The number of hydrogen-bond acceptors (Lipinski definition) is 3. The van der Waals surface area contributed by atoms with Gasteiger partial charge in [0.15, 0.2) is 0 Å². The van der Waals surface area contributed by atoms with Crippen LogP contribution in [0.25, 0.3) is 0 Å². The summed E-state index contributed by atoms with van der Waals surface area (Å²) in [7, 11) is 0. The number of hydrogen-bond donors (Lipinski definition) is 1. The molecule has 1 aromatic rings. The van der Waals surface area contributed by atoms with E-state index in [2.05, 4.69) is 15.9 Å². The Kier molecular flexibility index (Phi) is 3.24. The van der Waals surface area contributed by atoms with E-state index >= 15 is 0 Å². The molecule has 1 aromatic heterocycles. The van der Waals surface area contributed by atoms with Crippen LogP contribution in [0.3, 0.4) is 0 Å². The molecule has 5 nitrogen and oxygen atoms in total. The van der Waals surface area contributed by atoms with Crippen LogP contribution in [-0.2, 0) is 0 Å². The van der Waals surface area contributed by atoms with Gasteiger partial charge in [-0.25, -0.2) is 4.98 Å². The normalized spacial score (nSPS) is 14.1. The summed E-state index contributed by atoms with van der Waals surface area (Å²) < 4.78 is 0. The van der Waals surface area contributed by atoms with E-state index < -0.39 is 0 Å². The highest BCUT2D eigenvalue weighted by atomic mass is 16.2. The Bertz CT molecular complexity index is 491. The van der Waals surface area contributed by atoms with Crippen LogP contribution >= 0.6 is 0 Å². The molecule has 2 rings (SSSR count). The van der Waals surface area contributed by atoms with Gasteiger partial charge < -0.3 is 9.88 Å². The maximum atomic E-state index is 12.1. The van der Waals surface area contributed by atoms with Crippen LogP contribution in [0.2, 0.25) is 0 Å². The number of rotatable bonds is 4. The van der Waals surface area contributed by atoms with Gasteiger partial charge in [0.1, 0.15) is 5.69 Å². The quantitative estimate of drug-likeness (QED) is 0.756. The maximum Gasteiger partial charge on any atom is 0.274 e. The predicted octanol–water partition coefficient (Wildman–Crippen LogP) is 0.255. The van der Waals surface area contributed by atoms with E-state index in [-0.39, 0.29) is 23.7 Å². The summed E-state index contributed by atoms with van der Waals surface area (Å²) in [5.41, 5.74) is -0.104. The van der Waals surface area contributed by atoms with Gasteiger partial charge in [-0.15, -0.1) is 6.42 Å². The third kappa shape index (κ3) is 2.94. The number of carbonyl (C=O) groups is 1. The van der Waals surface area contributed by atoms with Crippen molar-refractivity contribution in [2.75, 3.05) is 13.1 Å². The van der Waals surface area contributed by atoms with E-state index in [0.717, 1.165) is 19.0 Å². The fourth-order valence-corrected chi connectivity index (χ4v) is 1.56. The number of nitrogens with zero attached hydrogens (tertiary/aromatic N) is 2. The fraction of sp³-hybridized carbons (Fsp3) is 0.417. The van der Waals surface area contributed by atoms with Gasteiger partial charge in [0.2, 0.25) is 0 Å². The smallest absolute Gasteiger partial charge is 0.274 e. The molecule has 0 radical (unpaired) electrons. The molecule has 5 heteroatoms. The number of aromatic nitrogens is 2. The zero-order valence-electron chi connectivity index (χ0n) is 9.35.